The van der Waals surface area contributed by atoms with Crippen molar-refractivity contribution < 1.29 is 32.2 Å². The number of amides is 1. The first-order valence-electron chi connectivity index (χ1n) is 5.54. The molecule has 0 aromatic carbocycles. The Bertz CT molecular complexity index is 436. The van der Waals surface area contributed by atoms with Gasteiger partial charge in [-0.1, -0.05) is 0 Å². The Balaban J connectivity index is 2.84. The van der Waals surface area contributed by atoms with E-state index in [9.17, 15) is 18.0 Å². The molecule has 0 aliphatic carbocycles. The number of morpholine rings is 1. The largest absolute Gasteiger partial charge is 0.468 e. The van der Waals surface area contributed by atoms with Crippen molar-refractivity contribution in [3.05, 3.63) is 0 Å². The lowest BCUT2D eigenvalue weighted by atomic mass is 10.3. The monoisotopic (exact) mass is 296 g/mol. The third-order valence-electron chi connectivity index (χ3n) is 2.35. The van der Waals surface area contributed by atoms with Crippen molar-refractivity contribution in [2.45, 2.75) is 13.0 Å². The molecule has 1 unspecified atom stereocenters. The Morgan fingerprint density at radius 1 is 1.47 bits per heavy atom. The van der Waals surface area contributed by atoms with Crippen LogP contribution in [0.2, 0.25) is 0 Å². The van der Waals surface area contributed by atoms with Gasteiger partial charge in [0.2, 0.25) is 0 Å². The average molecular weight is 296 g/mol. The van der Waals surface area contributed by atoms with Crippen LogP contribution < -0.4 is 4.72 Å². The van der Waals surface area contributed by atoms with E-state index in [1.54, 1.807) is 4.72 Å². The Kier molecular flexibility index (Phi) is 5.51. The summed E-state index contributed by atoms with van der Waals surface area (Å²) in [5, 5.41) is 0. The van der Waals surface area contributed by atoms with Gasteiger partial charge in [-0.25, -0.2) is 9.52 Å². The second-order valence-electron chi connectivity index (χ2n) is 3.55. The smallest absolute Gasteiger partial charge is 0.421 e. The molecular formula is C9H16N2O7S. The summed E-state index contributed by atoms with van der Waals surface area (Å²) in [4.78, 5) is 22.6. The summed E-state index contributed by atoms with van der Waals surface area (Å²) in [6.07, 6.45) is -1.10. The number of nitrogens with one attached hydrogen (secondary N) is 1. The molecule has 9 nitrogen and oxygen atoms in total. The van der Waals surface area contributed by atoms with Crippen LogP contribution in [0.3, 0.4) is 0 Å². The van der Waals surface area contributed by atoms with E-state index in [0.717, 1.165) is 11.4 Å². The number of hydrogen-bond donors (Lipinski definition) is 1. The minimum absolute atomic E-state index is 0.0326. The number of methoxy groups -OCH3 is 1. The van der Waals surface area contributed by atoms with Gasteiger partial charge in [0.1, 0.15) is 6.04 Å². The van der Waals surface area contributed by atoms with Crippen LogP contribution >= 0.6 is 0 Å². The van der Waals surface area contributed by atoms with Crippen LogP contribution in [0.1, 0.15) is 6.92 Å². The SMILES string of the molecule is CCOC(=O)NS(=O)(=O)N1CCOCC1C(=O)OC. The van der Waals surface area contributed by atoms with E-state index in [-0.39, 0.29) is 26.4 Å². The highest BCUT2D eigenvalue weighted by atomic mass is 32.2. The number of nitrogens with zero attached hydrogens (tertiary/aromatic N) is 1. The molecule has 1 atom stereocenters. The number of carbonyl (C=O) groups is 2. The van der Waals surface area contributed by atoms with Crippen LogP contribution in [0.4, 0.5) is 4.79 Å². The molecule has 1 aliphatic heterocycles. The molecule has 0 bridgehead atoms. The highest BCUT2D eigenvalue weighted by Crippen LogP contribution is 2.12. The third-order valence-corrected chi connectivity index (χ3v) is 3.83. The molecule has 19 heavy (non-hydrogen) atoms. The summed E-state index contributed by atoms with van der Waals surface area (Å²) < 4.78 is 40.5. The van der Waals surface area contributed by atoms with Gasteiger partial charge < -0.3 is 14.2 Å². The molecular weight excluding hydrogens is 280 g/mol. The summed E-state index contributed by atoms with van der Waals surface area (Å²) in [7, 11) is -3.04. The molecule has 1 aliphatic rings. The van der Waals surface area contributed by atoms with Crippen molar-refractivity contribution in [2.24, 2.45) is 0 Å². The Labute approximate surface area is 111 Å². The Morgan fingerprint density at radius 2 is 2.16 bits per heavy atom. The maximum atomic E-state index is 12.0. The molecule has 1 rings (SSSR count). The highest BCUT2D eigenvalue weighted by Gasteiger charge is 2.39. The van der Waals surface area contributed by atoms with Crippen LogP contribution in [-0.4, -0.2) is 64.3 Å². The minimum atomic E-state index is -4.18. The molecule has 1 N–H and O–H groups in total. The van der Waals surface area contributed by atoms with Crippen LogP contribution in [0.5, 0.6) is 0 Å². The van der Waals surface area contributed by atoms with Crippen molar-refractivity contribution in [2.75, 3.05) is 33.5 Å². The zero-order valence-electron chi connectivity index (χ0n) is 10.6. The van der Waals surface area contributed by atoms with E-state index in [1.807, 2.05) is 0 Å². The van der Waals surface area contributed by atoms with Crippen molar-refractivity contribution in [1.82, 2.24) is 9.03 Å². The molecule has 0 spiro atoms. The number of hydrogen-bond acceptors (Lipinski definition) is 7. The quantitative estimate of drug-likeness (QED) is 0.652. The van der Waals surface area contributed by atoms with Crippen molar-refractivity contribution in [3.8, 4) is 0 Å². The van der Waals surface area contributed by atoms with Crippen molar-refractivity contribution >= 4 is 22.3 Å². The molecule has 110 valence electrons. The van der Waals surface area contributed by atoms with E-state index < -0.39 is 28.3 Å². The first-order valence-corrected chi connectivity index (χ1v) is 6.98. The summed E-state index contributed by atoms with van der Waals surface area (Å²) in [6, 6.07) is -1.12. The average Bonchev–Trinajstić information content (AvgIpc) is 2.37. The van der Waals surface area contributed by atoms with Crippen molar-refractivity contribution in [1.29, 1.82) is 0 Å². The van der Waals surface area contributed by atoms with Gasteiger partial charge in [0.05, 0.1) is 26.9 Å². The molecule has 1 heterocycles. The molecule has 10 heteroatoms. The predicted octanol–water partition coefficient (Wildman–Crippen LogP) is -1.15. The van der Waals surface area contributed by atoms with Crippen LogP contribution in [0, 0.1) is 0 Å². The number of esters is 1. The zero-order chi connectivity index (χ0) is 14.5. The highest BCUT2D eigenvalue weighted by molar-refractivity contribution is 7.87. The molecule has 0 aromatic heterocycles. The molecule has 0 aromatic rings. The van der Waals surface area contributed by atoms with Gasteiger partial charge in [-0.05, 0) is 6.92 Å². The summed E-state index contributed by atoms with van der Waals surface area (Å²) >= 11 is 0. The van der Waals surface area contributed by atoms with E-state index in [2.05, 4.69) is 9.47 Å². The van der Waals surface area contributed by atoms with Gasteiger partial charge in [0.25, 0.3) is 0 Å². The standard InChI is InChI=1S/C9H16N2O7S/c1-3-18-9(13)10-19(14,15)11-4-5-17-6-7(11)8(12)16-2/h7H,3-6H2,1-2H3,(H,10,13). The number of rotatable bonds is 4. The van der Waals surface area contributed by atoms with Crippen LogP contribution in [0.15, 0.2) is 0 Å². The Morgan fingerprint density at radius 3 is 2.74 bits per heavy atom. The molecule has 1 fully saturated rings. The summed E-state index contributed by atoms with van der Waals surface area (Å²) in [5.74, 6) is -0.756. The van der Waals surface area contributed by atoms with E-state index in [1.165, 1.54) is 6.92 Å². The van der Waals surface area contributed by atoms with E-state index in [0.29, 0.717) is 0 Å². The fourth-order valence-electron chi connectivity index (χ4n) is 1.52. The third kappa shape index (κ3) is 4.04. The lowest BCUT2D eigenvalue weighted by Gasteiger charge is -2.32. The number of ether oxygens (including phenoxy) is 3. The Hall–Kier alpha value is -1.39. The molecule has 1 saturated heterocycles. The normalized spacial score (nSPS) is 20.6. The van der Waals surface area contributed by atoms with Gasteiger partial charge in [0.15, 0.2) is 0 Å². The van der Waals surface area contributed by atoms with Gasteiger partial charge in [-0.3, -0.25) is 4.79 Å². The zero-order valence-corrected chi connectivity index (χ0v) is 11.4. The fraction of sp³-hybridized carbons (Fsp3) is 0.778. The first kappa shape index (κ1) is 15.7. The molecule has 1 amide bonds. The van der Waals surface area contributed by atoms with E-state index in [4.69, 9.17) is 4.74 Å². The minimum Gasteiger partial charge on any atom is -0.468 e. The lowest BCUT2D eigenvalue weighted by molar-refractivity contribution is -0.149. The summed E-state index contributed by atoms with van der Waals surface area (Å²) in [6.45, 7) is 1.51. The second-order valence-corrected chi connectivity index (χ2v) is 5.18. The van der Waals surface area contributed by atoms with Crippen LogP contribution in [0.25, 0.3) is 0 Å². The van der Waals surface area contributed by atoms with Gasteiger partial charge in [-0.15, -0.1) is 0 Å². The van der Waals surface area contributed by atoms with Crippen molar-refractivity contribution in [3.63, 3.8) is 0 Å². The van der Waals surface area contributed by atoms with Crippen LogP contribution in [-0.2, 0) is 29.2 Å². The van der Waals surface area contributed by atoms with Gasteiger partial charge in [0, 0.05) is 6.54 Å². The topological polar surface area (TPSA) is 111 Å². The first-order chi connectivity index (χ1) is 8.92. The predicted molar refractivity (Wildman–Crippen MR) is 62.4 cm³/mol. The second kappa shape index (κ2) is 6.68. The summed E-state index contributed by atoms with van der Waals surface area (Å²) in [5.41, 5.74) is 0. The van der Waals surface area contributed by atoms with Gasteiger partial charge in [-0.2, -0.15) is 12.7 Å². The lowest BCUT2D eigenvalue weighted by Crippen LogP contribution is -2.56. The fourth-order valence-corrected chi connectivity index (χ4v) is 2.71. The van der Waals surface area contributed by atoms with Gasteiger partial charge >= 0.3 is 22.3 Å². The number of carbonyl (C=O) groups excluding carboxylic acids is 2. The van der Waals surface area contributed by atoms with E-state index >= 15 is 0 Å². The molecule has 0 saturated carbocycles. The molecule has 0 radical (unpaired) electrons. The maximum Gasteiger partial charge on any atom is 0.421 e. The maximum absolute atomic E-state index is 12.0.